The summed E-state index contributed by atoms with van der Waals surface area (Å²) < 4.78 is 0. The molecule has 0 aromatic heterocycles. The van der Waals surface area contributed by atoms with Crippen LogP contribution in [0.25, 0.3) is 0 Å². The minimum Gasteiger partial charge on any atom is -0.481 e. The molecule has 2 heteroatoms. The van der Waals surface area contributed by atoms with Gasteiger partial charge in [-0.1, -0.05) is 18.2 Å². The van der Waals surface area contributed by atoms with Crippen LogP contribution in [0.2, 0.25) is 0 Å². The van der Waals surface area contributed by atoms with Crippen molar-refractivity contribution in [2.24, 2.45) is 0 Å². The summed E-state index contributed by atoms with van der Waals surface area (Å²) in [5, 5.41) is 8.27. The summed E-state index contributed by atoms with van der Waals surface area (Å²) in [6, 6.07) is 0. The van der Waals surface area contributed by atoms with E-state index in [9.17, 15) is 4.79 Å². The lowest BCUT2D eigenvalue weighted by molar-refractivity contribution is -0.136. The van der Waals surface area contributed by atoms with Gasteiger partial charge in [-0.25, -0.2) is 0 Å². The maximum Gasteiger partial charge on any atom is 0.303 e. The van der Waals surface area contributed by atoms with Gasteiger partial charge in [-0.2, -0.15) is 0 Å². The molecule has 0 bridgehead atoms. The summed E-state index contributed by atoms with van der Waals surface area (Å²) in [5.74, 6) is -0.738. The van der Waals surface area contributed by atoms with E-state index in [2.05, 4.69) is 6.58 Å². The van der Waals surface area contributed by atoms with Gasteiger partial charge in [-0.15, -0.1) is 6.58 Å². The molecule has 11 heavy (non-hydrogen) atoms. The van der Waals surface area contributed by atoms with Crippen LogP contribution < -0.4 is 0 Å². The summed E-state index contributed by atoms with van der Waals surface area (Å²) >= 11 is 0. The van der Waals surface area contributed by atoms with Crippen LogP contribution in [0.3, 0.4) is 0 Å². The first kappa shape index (κ1) is 9.95. The van der Waals surface area contributed by atoms with Gasteiger partial charge in [0.1, 0.15) is 0 Å². The lowest BCUT2D eigenvalue weighted by Gasteiger charge is -1.87. The SMILES string of the molecule is C=CCC/C=C/CCC(=O)O. The van der Waals surface area contributed by atoms with Crippen molar-refractivity contribution in [2.45, 2.75) is 25.7 Å². The molecule has 2 nitrogen and oxygen atoms in total. The van der Waals surface area contributed by atoms with Crippen LogP contribution in [-0.4, -0.2) is 11.1 Å². The van der Waals surface area contributed by atoms with Crippen LogP contribution in [0, 0.1) is 0 Å². The Balaban J connectivity index is 3.16. The molecule has 1 N–H and O–H groups in total. The van der Waals surface area contributed by atoms with Gasteiger partial charge in [0.2, 0.25) is 0 Å². The highest BCUT2D eigenvalue weighted by Crippen LogP contribution is 1.95. The van der Waals surface area contributed by atoms with Gasteiger partial charge >= 0.3 is 5.97 Å². The molecule has 0 spiro atoms. The number of hydrogen-bond donors (Lipinski definition) is 1. The fourth-order valence-electron chi connectivity index (χ4n) is 0.657. The summed E-state index contributed by atoms with van der Waals surface area (Å²) in [7, 11) is 0. The van der Waals surface area contributed by atoms with E-state index in [4.69, 9.17) is 5.11 Å². The zero-order chi connectivity index (χ0) is 8.53. The second-order valence-corrected chi connectivity index (χ2v) is 2.27. The molecule has 0 saturated heterocycles. The molecule has 0 aromatic rings. The average molecular weight is 154 g/mol. The number of carboxylic acid groups (broad SMARTS) is 1. The Bertz CT molecular complexity index is 148. The van der Waals surface area contributed by atoms with E-state index < -0.39 is 5.97 Å². The van der Waals surface area contributed by atoms with Crippen molar-refractivity contribution >= 4 is 5.97 Å². The van der Waals surface area contributed by atoms with Crippen LogP contribution in [0.15, 0.2) is 24.8 Å². The molecule has 62 valence electrons. The first-order valence-electron chi connectivity index (χ1n) is 3.75. The Labute approximate surface area is 67.2 Å². The van der Waals surface area contributed by atoms with Crippen LogP contribution in [0.4, 0.5) is 0 Å². The van der Waals surface area contributed by atoms with E-state index in [1.165, 1.54) is 0 Å². The number of rotatable bonds is 6. The number of hydrogen-bond acceptors (Lipinski definition) is 1. The molecule has 0 aromatic carbocycles. The fraction of sp³-hybridized carbons (Fsp3) is 0.444. The highest BCUT2D eigenvalue weighted by molar-refractivity contribution is 5.66. The largest absolute Gasteiger partial charge is 0.481 e. The second-order valence-electron chi connectivity index (χ2n) is 2.27. The van der Waals surface area contributed by atoms with E-state index in [0.717, 1.165) is 12.8 Å². The van der Waals surface area contributed by atoms with E-state index in [1.54, 1.807) is 0 Å². The molecule has 0 radical (unpaired) electrons. The van der Waals surface area contributed by atoms with E-state index >= 15 is 0 Å². The molecule has 0 saturated carbocycles. The number of allylic oxidation sites excluding steroid dienone is 3. The molecule has 0 amide bonds. The van der Waals surface area contributed by atoms with E-state index in [1.807, 2.05) is 18.2 Å². The molecule has 0 unspecified atom stereocenters. The van der Waals surface area contributed by atoms with E-state index in [0.29, 0.717) is 6.42 Å². The molecule has 0 rings (SSSR count). The lowest BCUT2D eigenvalue weighted by atomic mass is 10.2. The maximum absolute atomic E-state index is 10.0. The minimum absolute atomic E-state index is 0.227. The highest BCUT2D eigenvalue weighted by atomic mass is 16.4. The zero-order valence-corrected chi connectivity index (χ0v) is 6.62. The number of carboxylic acids is 1. The van der Waals surface area contributed by atoms with Crippen molar-refractivity contribution < 1.29 is 9.90 Å². The standard InChI is InChI=1S/C9H14O2/c1-2-3-4-5-6-7-8-9(10)11/h2,5-6H,1,3-4,7-8H2,(H,10,11)/b6-5+. The minimum atomic E-state index is -0.738. The molecule has 0 atom stereocenters. The first-order chi connectivity index (χ1) is 5.27. The van der Waals surface area contributed by atoms with Crippen LogP contribution in [0.1, 0.15) is 25.7 Å². The monoisotopic (exact) mass is 154 g/mol. The molecular weight excluding hydrogens is 140 g/mol. The normalized spacial score (nSPS) is 10.2. The fourth-order valence-corrected chi connectivity index (χ4v) is 0.657. The number of carbonyl (C=O) groups is 1. The van der Waals surface area contributed by atoms with Gasteiger partial charge in [0.25, 0.3) is 0 Å². The third-order valence-electron chi connectivity index (χ3n) is 1.23. The predicted octanol–water partition coefficient (Wildman–Crippen LogP) is 2.37. The highest BCUT2D eigenvalue weighted by Gasteiger charge is 1.90. The molecular formula is C9H14O2. The zero-order valence-electron chi connectivity index (χ0n) is 6.62. The second kappa shape index (κ2) is 7.06. The summed E-state index contributed by atoms with van der Waals surface area (Å²) in [4.78, 5) is 10.0. The Morgan fingerprint density at radius 1 is 1.27 bits per heavy atom. The van der Waals surface area contributed by atoms with Gasteiger partial charge in [-0.3, -0.25) is 4.79 Å². The van der Waals surface area contributed by atoms with Crippen molar-refractivity contribution in [3.8, 4) is 0 Å². The van der Waals surface area contributed by atoms with Crippen molar-refractivity contribution in [1.29, 1.82) is 0 Å². The molecule has 0 heterocycles. The predicted molar refractivity (Wildman–Crippen MR) is 45.4 cm³/mol. The Kier molecular flexibility index (Phi) is 6.39. The van der Waals surface area contributed by atoms with Gasteiger partial charge in [-0.05, 0) is 19.3 Å². The van der Waals surface area contributed by atoms with Gasteiger partial charge in [0, 0.05) is 6.42 Å². The van der Waals surface area contributed by atoms with Gasteiger partial charge < -0.3 is 5.11 Å². The smallest absolute Gasteiger partial charge is 0.303 e. The van der Waals surface area contributed by atoms with Crippen molar-refractivity contribution in [1.82, 2.24) is 0 Å². The van der Waals surface area contributed by atoms with Crippen LogP contribution >= 0.6 is 0 Å². The molecule has 0 aliphatic carbocycles. The number of unbranched alkanes of at least 4 members (excludes halogenated alkanes) is 1. The van der Waals surface area contributed by atoms with Crippen molar-refractivity contribution in [2.75, 3.05) is 0 Å². The Morgan fingerprint density at radius 2 is 1.91 bits per heavy atom. The average Bonchev–Trinajstić information content (AvgIpc) is 1.96. The van der Waals surface area contributed by atoms with Gasteiger partial charge in [0.15, 0.2) is 0 Å². The topological polar surface area (TPSA) is 37.3 Å². The molecule has 0 aliphatic rings. The lowest BCUT2D eigenvalue weighted by Crippen LogP contribution is -1.91. The van der Waals surface area contributed by atoms with Crippen LogP contribution in [-0.2, 0) is 4.79 Å². The third kappa shape index (κ3) is 8.95. The van der Waals surface area contributed by atoms with Crippen molar-refractivity contribution in [3.63, 3.8) is 0 Å². The molecule has 0 aliphatic heterocycles. The quantitative estimate of drug-likeness (QED) is 0.471. The van der Waals surface area contributed by atoms with E-state index in [-0.39, 0.29) is 6.42 Å². The summed E-state index contributed by atoms with van der Waals surface area (Å²) in [5.41, 5.74) is 0. The number of aliphatic carboxylic acids is 1. The third-order valence-corrected chi connectivity index (χ3v) is 1.23. The molecule has 0 fully saturated rings. The summed E-state index contributed by atoms with van der Waals surface area (Å²) in [6.07, 6.45) is 8.52. The van der Waals surface area contributed by atoms with Crippen LogP contribution in [0.5, 0.6) is 0 Å². The Hall–Kier alpha value is -1.05. The Morgan fingerprint density at radius 3 is 2.45 bits per heavy atom. The first-order valence-corrected chi connectivity index (χ1v) is 3.75. The summed E-state index contributed by atoms with van der Waals surface area (Å²) in [6.45, 7) is 3.58. The maximum atomic E-state index is 10.0. The van der Waals surface area contributed by atoms with Gasteiger partial charge in [0.05, 0.1) is 0 Å². The van der Waals surface area contributed by atoms with Crippen molar-refractivity contribution in [3.05, 3.63) is 24.8 Å².